The maximum absolute atomic E-state index is 13.1. The fourth-order valence-corrected chi connectivity index (χ4v) is 3.38. The Kier molecular flexibility index (Phi) is 5.74. The first-order chi connectivity index (χ1) is 12.4. The smallest absolute Gasteiger partial charge is 0.312 e. The average Bonchev–Trinajstić information content (AvgIpc) is 2.53. The van der Waals surface area contributed by atoms with Gasteiger partial charge in [-0.25, -0.2) is 18.4 Å². The van der Waals surface area contributed by atoms with Crippen LogP contribution in [0.25, 0.3) is 0 Å². The number of nitrogen functional groups attached to an aromatic ring is 1. The van der Waals surface area contributed by atoms with Crippen molar-refractivity contribution in [3.8, 4) is 0 Å². The third-order valence-electron chi connectivity index (χ3n) is 3.59. The van der Waals surface area contributed by atoms with Crippen molar-refractivity contribution in [2.75, 3.05) is 16.8 Å². The van der Waals surface area contributed by atoms with Crippen LogP contribution >= 0.6 is 0 Å². The van der Waals surface area contributed by atoms with Gasteiger partial charge in [0.15, 0.2) is 6.73 Å². The minimum atomic E-state index is -4.07. The van der Waals surface area contributed by atoms with Gasteiger partial charge in [-0.15, -0.1) is 0 Å². The van der Waals surface area contributed by atoms with E-state index in [-0.39, 0.29) is 10.8 Å². The number of carbonyl (C=O) groups is 1. The fourth-order valence-electron chi connectivity index (χ4n) is 2.15. The van der Waals surface area contributed by atoms with E-state index in [2.05, 4.69) is 9.97 Å². The molecule has 8 nitrogen and oxygen atoms in total. The van der Waals surface area contributed by atoms with Crippen molar-refractivity contribution >= 4 is 27.6 Å². The molecule has 0 spiro atoms. The lowest BCUT2D eigenvalue weighted by Crippen LogP contribution is -2.37. The van der Waals surface area contributed by atoms with Crippen LogP contribution in [0.2, 0.25) is 0 Å². The molecule has 1 heterocycles. The van der Waals surface area contributed by atoms with E-state index in [1.54, 1.807) is 40.7 Å². The predicted octanol–water partition coefficient (Wildman–Crippen LogP) is 2.42. The molecule has 2 N–H and O–H groups in total. The molecule has 2 rings (SSSR count). The van der Waals surface area contributed by atoms with Gasteiger partial charge in [0, 0.05) is 17.1 Å². The Labute approximate surface area is 159 Å². The van der Waals surface area contributed by atoms with E-state index >= 15 is 0 Å². The molecule has 0 aliphatic heterocycles. The highest BCUT2D eigenvalue weighted by Crippen LogP contribution is 2.23. The number of nitrogens with two attached hydrogens (primary N) is 1. The van der Waals surface area contributed by atoms with Gasteiger partial charge in [0.2, 0.25) is 5.95 Å². The van der Waals surface area contributed by atoms with Crippen LogP contribution in [0.3, 0.4) is 0 Å². The van der Waals surface area contributed by atoms with E-state index in [9.17, 15) is 13.2 Å². The topological polar surface area (TPSA) is 115 Å². The van der Waals surface area contributed by atoms with Crippen molar-refractivity contribution in [1.82, 2.24) is 9.97 Å². The van der Waals surface area contributed by atoms with Gasteiger partial charge in [-0.1, -0.05) is 0 Å². The summed E-state index contributed by atoms with van der Waals surface area (Å²) in [4.78, 5) is 20.5. The van der Waals surface area contributed by atoms with Crippen LogP contribution in [0.15, 0.2) is 35.2 Å². The number of carbonyl (C=O) groups excluding carboxylic acids is 1. The second kappa shape index (κ2) is 7.51. The summed E-state index contributed by atoms with van der Waals surface area (Å²) in [5.41, 5.74) is 6.48. The summed E-state index contributed by atoms with van der Waals surface area (Å²) >= 11 is 0. The Morgan fingerprint density at radius 2 is 1.63 bits per heavy atom. The molecular formula is C18H24N4O4S. The van der Waals surface area contributed by atoms with Gasteiger partial charge in [0.05, 0.1) is 10.3 Å². The Bertz CT molecular complexity index is 915. The highest BCUT2D eigenvalue weighted by atomic mass is 32.2. The van der Waals surface area contributed by atoms with Gasteiger partial charge in [0.25, 0.3) is 10.0 Å². The molecule has 0 amide bonds. The molecule has 0 bridgehead atoms. The van der Waals surface area contributed by atoms with Crippen LogP contribution in [0, 0.1) is 19.3 Å². The number of nitrogens with zero attached hydrogens (tertiary/aromatic N) is 3. The highest BCUT2D eigenvalue weighted by Gasteiger charge is 2.31. The summed E-state index contributed by atoms with van der Waals surface area (Å²) in [6.07, 6.45) is 0. The highest BCUT2D eigenvalue weighted by molar-refractivity contribution is 7.92. The lowest BCUT2D eigenvalue weighted by Gasteiger charge is -2.24. The SMILES string of the molecule is Cc1cc(C)nc(N(COC(=O)C(C)(C)C)S(=O)(=O)c2ccc(N)cc2)n1. The van der Waals surface area contributed by atoms with E-state index in [1.165, 1.54) is 24.3 Å². The average molecular weight is 392 g/mol. The molecule has 1 aromatic heterocycles. The summed E-state index contributed by atoms with van der Waals surface area (Å²) < 4.78 is 32.4. The van der Waals surface area contributed by atoms with E-state index in [4.69, 9.17) is 10.5 Å². The third kappa shape index (κ3) is 4.94. The minimum Gasteiger partial charge on any atom is -0.443 e. The van der Waals surface area contributed by atoms with Gasteiger partial charge < -0.3 is 10.5 Å². The van der Waals surface area contributed by atoms with Crippen molar-refractivity contribution in [2.45, 2.75) is 39.5 Å². The van der Waals surface area contributed by atoms with Crippen molar-refractivity contribution in [3.05, 3.63) is 41.7 Å². The number of anilines is 2. The first-order valence-corrected chi connectivity index (χ1v) is 9.73. The summed E-state index contributed by atoms with van der Waals surface area (Å²) in [7, 11) is -4.07. The van der Waals surface area contributed by atoms with Crippen LogP contribution in [-0.2, 0) is 19.6 Å². The number of ether oxygens (including phenoxy) is 1. The van der Waals surface area contributed by atoms with Gasteiger partial charge in [-0.2, -0.15) is 4.31 Å². The molecule has 9 heteroatoms. The van der Waals surface area contributed by atoms with E-state index in [0.717, 1.165) is 4.31 Å². The molecule has 0 radical (unpaired) electrons. The second-order valence-corrected chi connectivity index (χ2v) is 9.05. The normalized spacial score (nSPS) is 11.9. The first-order valence-electron chi connectivity index (χ1n) is 8.29. The number of hydrogen-bond acceptors (Lipinski definition) is 7. The second-order valence-electron chi connectivity index (χ2n) is 7.18. The lowest BCUT2D eigenvalue weighted by atomic mass is 9.98. The van der Waals surface area contributed by atoms with Gasteiger partial charge in [-0.05, 0) is 65.0 Å². The molecule has 0 aliphatic rings. The number of sulfonamides is 1. The Morgan fingerprint density at radius 1 is 1.11 bits per heavy atom. The van der Waals surface area contributed by atoms with Crippen LogP contribution in [-0.4, -0.2) is 31.1 Å². The molecule has 0 aliphatic carbocycles. The van der Waals surface area contributed by atoms with Gasteiger partial charge in [0.1, 0.15) is 0 Å². The Morgan fingerprint density at radius 3 is 2.11 bits per heavy atom. The Balaban J connectivity index is 2.48. The molecule has 0 unspecified atom stereocenters. The zero-order valence-corrected chi connectivity index (χ0v) is 16.9. The summed E-state index contributed by atoms with van der Waals surface area (Å²) in [6.45, 7) is 7.97. The van der Waals surface area contributed by atoms with E-state index in [0.29, 0.717) is 17.1 Å². The zero-order chi connectivity index (χ0) is 20.4. The molecule has 1 aromatic carbocycles. The van der Waals surface area contributed by atoms with E-state index < -0.39 is 28.1 Å². The number of rotatable bonds is 5. The van der Waals surface area contributed by atoms with Crippen LogP contribution < -0.4 is 10.0 Å². The maximum atomic E-state index is 13.1. The molecule has 0 atom stereocenters. The number of aromatic nitrogens is 2. The molecule has 2 aromatic rings. The number of benzene rings is 1. The molecule has 146 valence electrons. The summed E-state index contributed by atoms with van der Waals surface area (Å²) in [5, 5.41) is 0. The van der Waals surface area contributed by atoms with Crippen molar-refractivity contribution in [3.63, 3.8) is 0 Å². The fraction of sp³-hybridized carbons (Fsp3) is 0.389. The maximum Gasteiger partial charge on any atom is 0.312 e. The lowest BCUT2D eigenvalue weighted by molar-refractivity contribution is -0.152. The molecule has 0 saturated carbocycles. The molecule has 0 saturated heterocycles. The van der Waals surface area contributed by atoms with Gasteiger partial charge >= 0.3 is 5.97 Å². The third-order valence-corrected chi connectivity index (χ3v) is 5.30. The molecule has 27 heavy (non-hydrogen) atoms. The summed E-state index contributed by atoms with van der Waals surface area (Å²) in [5.74, 6) is -0.601. The standard InChI is InChI=1S/C18H24N4O4S/c1-12-10-13(2)21-17(20-12)22(11-26-16(23)18(3,4)5)27(24,25)15-8-6-14(19)7-9-15/h6-10H,11,19H2,1-5H3. The number of aryl methyl sites for hydroxylation is 2. The Hall–Kier alpha value is -2.68. The predicted molar refractivity (Wildman–Crippen MR) is 102 cm³/mol. The first kappa shape index (κ1) is 20.6. The molecule has 0 fully saturated rings. The number of hydrogen-bond donors (Lipinski definition) is 1. The van der Waals surface area contributed by atoms with Crippen LogP contribution in [0.4, 0.5) is 11.6 Å². The van der Waals surface area contributed by atoms with E-state index in [1.807, 2.05) is 0 Å². The largest absolute Gasteiger partial charge is 0.443 e. The molecular weight excluding hydrogens is 368 g/mol. The quantitative estimate of drug-likeness (QED) is 0.472. The van der Waals surface area contributed by atoms with Crippen LogP contribution in [0.5, 0.6) is 0 Å². The van der Waals surface area contributed by atoms with Crippen molar-refractivity contribution in [1.29, 1.82) is 0 Å². The number of esters is 1. The van der Waals surface area contributed by atoms with Gasteiger partial charge in [-0.3, -0.25) is 4.79 Å². The summed E-state index contributed by atoms with van der Waals surface area (Å²) in [6, 6.07) is 7.44. The van der Waals surface area contributed by atoms with Crippen molar-refractivity contribution in [2.24, 2.45) is 5.41 Å². The van der Waals surface area contributed by atoms with Crippen LogP contribution in [0.1, 0.15) is 32.2 Å². The zero-order valence-electron chi connectivity index (χ0n) is 16.1. The monoisotopic (exact) mass is 392 g/mol. The minimum absolute atomic E-state index is 0.00809. The van der Waals surface area contributed by atoms with Crippen molar-refractivity contribution < 1.29 is 17.9 Å².